The summed E-state index contributed by atoms with van der Waals surface area (Å²) in [4.78, 5) is 16.5. The van der Waals surface area contributed by atoms with Crippen molar-refractivity contribution in [2.24, 2.45) is 0 Å². The highest BCUT2D eigenvalue weighted by atomic mass is 16.6. The minimum absolute atomic E-state index is 0.0937. The second-order valence-electron chi connectivity index (χ2n) is 3.93. The molecule has 0 spiro atoms. The summed E-state index contributed by atoms with van der Waals surface area (Å²) in [6.07, 6.45) is 1.49. The molecule has 1 saturated heterocycles. The number of nitrogens with zero attached hydrogens (tertiary/aromatic N) is 3. The fourth-order valence-corrected chi connectivity index (χ4v) is 1.83. The molecule has 0 unspecified atom stereocenters. The molecule has 2 heterocycles. The van der Waals surface area contributed by atoms with Gasteiger partial charge in [0.25, 0.3) is 5.69 Å². The molecule has 0 saturated carbocycles. The molecule has 6 nitrogen and oxygen atoms in total. The third-order valence-corrected chi connectivity index (χ3v) is 2.63. The Kier molecular flexibility index (Phi) is 3.00. The molecule has 1 fully saturated rings. The number of rotatable bonds is 2. The molecule has 1 aliphatic rings. The molecule has 6 heteroatoms. The minimum atomic E-state index is -0.392. The summed E-state index contributed by atoms with van der Waals surface area (Å²) >= 11 is 0. The van der Waals surface area contributed by atoms with Gasteiger partial charge in [0, 0.05) is 37.9 Å². The van der Waals surface area contributed by atoms with Gasteiger partial charge in [-0.2, -0.15) is 0 Å². The Morgan fingerprint density at radius 1 is 1.69 bits per heavy atom. The summed E-state index contributed by atoms with van der Waals surface area (Å²) in [6, 6.07) is 3.32. The van der Waals surface area contributed by atoms with Crippen molar-refractivity contribution in [1.82, 2.24) is 10.3 Å². The van der Waals surface area contributed by atoms with Gasteiger partial charge in [0.05, 0.1) is 11.0 Å². The molecule has 1 N–H and O–H groups in total. The first-order chi connectivity index (χ1) is 7.66. The molecule has 1 aliphatic heterocycles. The maximum absolute atomic E-state index is 10.6. The zero-order valence-corrected chi connectivity index (χ0v) is 9.09. The Labute approximate surface area is 93.4 Å². The number of piperazine rings is 1. The van der Waals surface area contributed by atoms with E-state index >= 15 is 0 Å². The number of pyridine rings is 1. The number of anilines is 1. The van der Waals surface area contributed by atoms with Gasteiger partial charge in [0.2, 0.25) is 0 Å². The SMILES string of the molecule is C[C@H]1CN(c2cc([N+](=O)[O-])ccn2)CCN1. The summed E-state index contributed by atoms with van der Waals surface area (Å²) in [5.74, 6) is 0.683. The van der Waals surface area contributed by atoms with Crippen LogP contribution in [0.2, 0.25) is 0 Å². The van der Waals surface area contributed by atoms with Crippen molar-refractivity contribution in [1.29, 1.82) is 0 Å². The van der Waals surface area contributed by atoms with Crippen LogP contribution >= 0.6 is 0 Å². The summed E-state index contributed by atoms with van der Waals surface area (Å²) in [5, 5.41) is 14.0. The molecule has 0 bridgehead atoms. The molecule has 2 rings (SSSR count). The van der Waals surface area contributed by atoms with Crippen LogP contribution in [0.25, 0.3) is 0 Å². The highest BCUT2D eigenvalue weighted by Gasteiger charge is 2.18. The van der Waals surface area contributed by atoms with Crippen molar-refractivity contribution in [2.45, 2.75) is 13.0 Å². The first-order valence-electron chi connectivity index (χ1n) is 5.25. The van der Waals surface area contributed by atoms with E-state index in [1.54, 1.807) is 0 Å². The number of hydrogen-bond donors (Lipinski definition) is 1. The highest BCUT2D eigenvalue weighted by Crippen LogP contribution is 2.18. The van der Waals surface area contributed by atoms with Crippen molar-refractivity contribution in [2.75, 3.05) is 24.5 Å². The molecule has 0 aliphatic carbocycles. The molecule has 1 atom stereocenters. The smallest absolute Gasteiger partial charge is 0.274 e. The Morgan fingerprint density at radius 3 is 3.19 bits per heavy atom. The second-order valence-corrected chi connectivity index (χ2v) is 3.93. The lowest BCUT2D eigenvalue weighted by Crippen LogP contribution is -2.49. The van der Waals surface area contributed by atoms with Crippen LogP contribution < -0.4 is 10.2 Å². The molecular weight excluding hydrogens is 208 g/mol. The molecule has 1 aromatic heterocycles. The topological polar surface area (TPSA) is 71.3 Å². The maximum atomic E-state index is 10.6. The van der Waals surface area contributed by atoms with Gasteiger partial charge in [-0.25, -0.2) is 4.98 Å². The van der Waals surface area contributed by atoms with Crippen LogP contribution in [0.1, 0.15) is 6.92 Å². The molecule has 1 aromatic rings. The maximum Gasteiger partial charge on any atom is 0.274 e. The van der Waals surface area contributed by atoms with E-state index in [-0.39, 0.29) is 5.69 Å². The van der Waals surface area contributed by atoms with Gasteiger partial charge < -0.3 is 10.2 Å². The molecule has 16 heavy (non-hydrogen) atoms. The van der Waals surface area contributed by atoms with Crippen LogP contribution in [0, 0.1) is 10.1 Å². The monoisotopic (exact) mass is 222 g/mol. The van der Waals surface area contributed by atoms with Gasteiger partial charge in [-0.3, -0.25) is 10.1 Å². The quantitative estimate of drug-likeness (QED) is 0.591. The number of nitro groups is 1. The van der Waals surface area contributed by atoms with Gasteiger partial charge in [0.15, 0.2) is 0 Å². The average Bonchev–Trinajstić information content (AvgIpc) is 2.29. The van der Waals surface area contributed by atoms with Gasteiger partial charge in [-0.05, 0) is 6.92 Å². The third-order valence-electron chi connectivity index (χ3n) is 2.63. The summed E-state index contributed by atoms with van der Waals surface area (Å²) in [5.41, 5.74) is 0.0937. The van der Waals surface area contributed by atoms with Crippen molar-refractivity contribution in [3.63, 3.8) is 0 Å². The van der Waals surface area contributed by atoms with Crippen molar-refractivity contribution in [3.8, 4) is 0 Å². The zero-order valence-electron chi connectivity index (χ0n) is 9.09. The fourth-order valence-electron chi connectivity index (χ4n) is 1.83. The van der Waals surface area contributed by atoms with E-state index < -0.39 is 4.92 Å². The van der Waals surface area contributed by atoms with Crippen LogP contribution in [0.15, 0.2) is 18.3 Å². The molecule has 0 aromatic carbocycles. The van der Waals surface area contributed by atoms with E-state index in [9.17, 15) is 10.1 Å². The summed E-state index contributed by atoms with van der Waals surface area (Å²) < 4.78 is 0. The van der Waals surface area contributed by atoms with Gasteiger partial charge in [-0.1, -0.05) is 0 Å². The van der Waals surface area contributed by atoms with Gasteiger partial charge in [-0.15, -0.1) is 0 Å². The van der Waals surface area contributed by atoms with E-state index in [0.717, 1.165) is 19.6 Å². The van der Waals surface area contributed by atoms with Crippen molar-refractivity contribution < 1.29 is 4.92 Å². The normalized spacial score (nSPS) is 20.8. The van der Waals surface area contributed by atoms with Gasteiger partial charge >= 0.3 is 0 Å². The molecular formula is C10H14N4O2. The summed E-state index contributed by atoms with van der Waals surface area (Å²) in [6.45, 7) is 4.63. The Hall–Kier alpha value is -1.69. The lowest BCUT2D eigenvalue weighted by molar-refractivity contribution is -0.384. The van der Waals surface area contributed by atoms with E-state index in [0.29, 0.717) is 11.9 Å². The molecule has 0 radical (unpaired) electrons. The first-order valence-corrected chi connectivity index (χ1v) is 5.25. The summed E-state index contributed by atoms with van der Waals surface area (Å²) in [7, 11) is 0. The Bertz CT molecular complexity index is 396. The van der Waals surface area contributed by atoms with E-state index in [4.69, 9.17) is 0 Å². The third kappa shape index (κ3) is 2.27. The zero-order chi connectivity index (χ0) is 11.5. The van der Waals surface area contributed by atoms with Crippen LogP contribution in [0.4, 0.5) is 11.5 Å². The first kappa shape index (κ1) is 10.8. The van der Waals surface area contributed by atoms with E-state index in [2.05, 4.69) is 22.1 Å². The average molecular weight is 222 g/mol. The standard InChI is InChI=1S/C10H14N4O2/c1-8-7-13(5-4-11-8)10-6-9(14(15)16)2-3-12-10/h2-3,6,8,11H,4-5,7H2,1H3/t8-/m0/s1. The number of nitrogens with one attached hydrogen (secondary N) is 1. The largest absolute Gasteiger partial charge is 0.354 e. The Morgan fingerprint density at radius 2 is 2.50 bits per heavy atom. The fraction of sp³-hybridized carbons (Fsp3) is 0.500. The minimum Gasteiger partial charge on any atom is -0.354 e. The van der Waals surface area contributed by atoms with Gasteiger partial charge in [0.1, 0.15) is 5.82 Å². The van der Waals surface area contributed by atoms with Crippen molar-refractivity contribution in [3.05, 3.63) is 28.4 Å². The molecule has 86 valence electrons. The van der Waals surface area contributed by atoms with Crippen LogP contribution in [0.3, 0.4) is 0 Å². The second kappa shape index (κ2) is 4.44. The predicted molar refractivity (Wildman–Crippen MR) is 60.6 cm³/mol. The molecule has 0 amide bonds. The lowest BCUT2D eigenvalue weighted by atomic mass is 10.2. The van der Waals surface area contributed by atoms with Crippen molar-refractivity contribution >= 4 is 11.5 Å². The predicted octanol–water partition coefficient (Wildman–Crippen LogP) is 0.788. The number of aromatic nitrogens is 1. The Balaban J connectivity index is 2.19. The lowest BCUT2D eigenvalue weighted by Gasteiger charge is -2.32. The highest BCUT2D eigenvalue weighted by molar-refractivity contribution is 5.47. The van der Waals surface area contributed by atoms with E-state index in [1.165, 1.54) is 18.3 Å². The van der Waals surface area contributed by atoms with E-state index in [1.807, 2.05) is 0 Å². The number of hydrogen-bond acceptors (Lipinski definition) is 5. The van der Waals surface area contributed by atoms with Crippen LogP contribution in [0.5, 0.6) is 0 Å². The van der Waals surface area contributed by atoms with Crippen LogP contribution in [-0.4, -0.2) is 35.6 Å². The van der Waals surface area contributed by atoms with Crippen LogP contribution in [-0.2, 0) is 0 Å².